The van der Waals surface area contributed by atoms with Crippen LogP contribution in [-0.2, 0) is 23.3 Å². The molecular weight excluding hydrogens is 378 g/mol. The highest BCUT2D eigenvalue weighted by Crippen LogP contribution is 2.24. The van der Waals surface area contributed by atoms with Crippen LogP contribution in [0.15, 0.2) is 51.7 Å². The highest BCUT2D eigenvalue weighted by molar-refractivity contribution is 7.90. The molecule has 1 aromatic heterocycles. The normalized spacial score (nSPS) is 11.7. The molecule has 142 valence electrons. The number of anilines is 1. The van der Waals surface area contributed by atoms with Crippen molar-refractivity contribution in [2.45, 2.75) is 13.1 Å². The SMILES string of the molecule is CNS(=O)(=O)Nc1cccc(Cc2c(CF)c3cc(F)ccc3oc2=O)c1. The maximum Gasteiger partial charge on any atom is 0.340 e. The third-order valence-corrected chi connectivity index (χ3v) is 5.08. The second-order valence-electron chi connectivity index (χ2n) is 5.81. The first-order chi connectivity index (χ1) is 12.8. The van der Waals surface area contributed by atoms with Crippen LogP contribution in [0.25, 0.3) is 11.0 Å². The molecule has 0 atom stereocenters. The fraction of sp³-hybridized carbons (Fsp3) is 0.167. The smallest absolute Gasteiger partial charge is 0.340 e. The van der Waals surface area contributed by atoms with E-state index in [-0.39, 0.29) is 34.2 Å². The molecular formula is C18H16F2N2O4S. The van der Waals surface area contributed by atoms with Crippen LogP contribution in [0.4, 0.5) is 14.5 Å². The molecule has 27 heavy (non-hydrogen) atoms. The second-order valence-corrected chi connectivity index (χ2v) is 7.43. The van der Waals surface area contributed by atoms with Crippen molar-refractivity contribution in [3.8, 4) is 0 Å². The van der Waals surface area contributed by atoms with Gasteiger partial charge in [0.15, 0.2) is 0 Å². The van der Waals surface area contributed by atoms with E-state index in [1.807, 2.05) is 0 Å². The van der Waals surface area contributed by atoms with Crippen molar-refractivity contribution >= 4 is 26.9 Å². The summed E-state index contributed by atoms with van der Waals surface area (Å²) in [4.78, 5) is 12.3. The standard InChI is InChI=1S/C18H16F2N2O4S/c1-21-27(24,25)22-13-4-2-3-11(7-13)8-15-16(10-19)14-9-12(20)5-6-17(14)26-18(15)23/h2-7,9,21-22H,8,10H2,1H3. The first kappa shape index (κ1) is 19.0. The lowest BCUT2D eigenvalue weighted by atomic mass is 9.99. The van der Waals surface area contributed by atoms with Gasteiger partial charge in [-0.05, 0) is 35.9 Å². The fourth-order valence-electron chi connectivity index (χ4n) is 2.76. The molecule has 0 aliphatic carbocycles. The summed E-state index contributed by atoms with van der Waals surface area (Å²) in [5, 5.41) is 0.194. The van der Waals surface area contributed by atoms with Crippen molar-refractivity contribution in [3.05, 3.63) is 75.4 Å². The Bertz CT molecular complexity index is 1160. The molecule has 0 aliphatic heterocycles. The summed E-state index contributed by atoms with van der Waals surface area (Å²) in [5.74, 6) is -0.569. The summed E-state index contributed by atoms with van der Waals surface area (Å²) in [5.41, 5.74) is 0.339. The minimum absolute atomic E-state index is 0.00314. The summed E-state index contributed by atoms with van der Waals surface area (Å²) >= 11 is 0. The van der Waals surface area contributed by atoms with Gasteiger partial charge in [0.1, 0.15) is 18.1 Å². The Kier molecular flexibility index (Phi) is 5.24. The minimum Gasteiger partial charge on any atom is -0.422 e. The Balaban J connectivity index is 2.04. The highest BCUT2D eigenvalue weighted by atomic mass is 32.2. The molecule has 0 saturated carbocycles. The Morgan fingerprint density at radius 3 is 2.59 bits per heavy atom. The van der Waals surface area contributed by atoms with Crippen LogP contribution in [-0.4, -0.2) is 15.5 Å². The van der Waals surface area contributed by atoms with Crippen molar-refractivity contribution in [3.63, 3.8) is 0 Å². The van der Waals surface area contributed by atoms with Crippen LogP contribution in [0.2, 0.25) is 0 Å². The monoisotopic (exact) mass is 394 g/mol. The number of benzene rings is 2. The van der Waals surface area contributed by atoms with Gasteiger partial charge in [0.05, 0.1) is 5.69 Å². The minimum atomic E-state index is -3.70. The van der Waals surface area contributed by atoms with Crippen LogP contribution in [0.5, 0.6) is 0 Å². The van der Waals surface area contributed by atoms with E-state index < -0.39 is 28.3 Å². The Morgan fingerprint density at radius 2 is 1.89 bits per heavy atom. The van der Waals surface area contributed by atoms with E-state index >= 15 is 0 Å². The van der Waals surface area contributed by atoms with E-state index in [1.54, 1.807) is 12.1 Å². The summed E-state index contributed by atoms with van der Waals surface area (Å²) in [6.07, 6.45) is 0.00314. The molecule has 9 heteroatoms. The van der Waals surface area contributed by atoms with Crippen LogP contribution < -0.4 is 15.1 Å². The van der Waals surface area contributed by atoms with Gasteiger partial charge in [0.2, 0.25) is 0 Å². The van der Waals surface area contributed by atoms with Crippen molar-refractivity contribution in [1.82, 2.24) is 4.72 Å². The number of alkyl halides is 1. The third kappa shape index (κ3) is 4.15. The quantitative estimate of drug-likeness (QED) is 0.630. The first-order valence-corrected chi connectivity index (χ1v) is 9.41. The van der Waals surface area contributed by atoms with Gasteiger partial charge in [-0.25, -0.2) is 18.3 Å². The zero-order valence-electron chi connectivity index (χ0n) is 14.3. The molecule has 3 rings (SSSR count). The molecule has 0 fully saturated rings. The topological polar surface area (TPSA) is 88.4 Å². The number of rotatable bonds is 6. The lowest BCUT2D eigenvalue weighted by molar-refractivity contribution is 0.476. The maximum absolute atomic E-state index is 13.7. The van der Waals surface area contributed by atoms with Crippen LogP contribution in [0, 0.1) is 5.82 Å². The first-order valence-electron chi connectivity index (χ1n) is 7.93. The van der Waals surface area contributed by atoms with Gasteiger partial charge in [-0.1, -0.05) is 12.1 Å². The summed E-state index contributed by atoms with van der Waals surface area (Å²) < 4.78 is 60.0. The molecule has 6 nitrogen and oxygen atoms in total. The van der Waals surface area contributed by atoms with E-state index in [1.165, 1.54) is 25.2 Å². The summed E-state index contributed by atoms with van der Waals surface area (Å²) in [7, 11) is -2.44. The van der Waals surface area contributed by atoms with E-state index in [2.05, 4.69) is 9.44 Å². The van der Waals surface area contributed by atoms with E-state index in [9.17, 15) is 22.0 Å². The Labute approximate surface area is 154 Å². The van der Waals surface area contributed by atoms with E-state index in [4.69, 9.17) is 4.42 Å². The van der Waals surface area contributed by atoms with E-state index in [0.717, 1.165) is 12.1 Å². The fourth-order valence-corrected chi connectivity index (χ4v) is 3.30. The summed E-state index contributed by atoms with van der Waals surface area (Å²) in [6.45, 7) is -0.965. The van der Waals surface area contributed by atoms with Gasteiger partial charge in [-0.3, -0.25) is 4.72 Å². The van der Waals surface area contributed by atoms with Gasteiger partial charge in [0.25, 0.3) is 10.2 Å². The van der Waals surface area contributed by atoms with Gasteiger partial charge in [0, 0.05) is 30.0 Å². The van der Waals surface area contributed by atoms with Gasteiger partial charge in [-0.15, -0.1) is 0 Å². The molecule has 2 N–H and O–H groups in total. The molecule has 0 radical (unpaired) electrons. The molecule has 0 aliphatic rings. The van der Waals surface area contributed by atoms with Crippen LogP contribution in [0.1, 0.15) is 16.7 Å². The highest BCUT2D eigenvalue weighted by Gasteiger charge is 2.16. The number of halogens is 2. The lowest BCUT2D eigenvalue weighted by Gasteiger charge is -2.11. The molecule has 3 aromatic rings. The Hall–Kier alpha value is -2.78. The molecule has 2 aromatic carbocycles. The van der Waals surface area contributed by atoms with Gasteiger partial charge in [-0.2, -0.15) is 8.42 Å². The van der Waals surface area contributed by atoms with E-state index in [0.29, 0.717) is 5.56 Å². The number of fused-ring (bicyclic) bond motifs is 1. The van der Waals surface area contributed by atoms with Crippen LogP contribution in [0.3, 0.4) is 0 Å². The predicted octanol–water partition coefficient (Wildman–Crippen LogP) is 2.87. The summed E-state index contributed by atoms with van der Waals surface area (Å²) in [6, 6.07) is 9.84. The number of hydrogen-bond donors (Lipinski definition) is 2. The van der Waals surface area contributed by atoms with Gasteiger partial charge < -0.3 is 4.42 Å². The third-order valence-electron chi connectivity index (χ3n) is 4.04. The maximum atomic E-state index is 13.7. The lowest BCUT2D eigenvalue weighted by Crippen LogP contribution is -2.26. The zero-order chi connectivity index (χ0) is 19.6. The second kappa shape index (κ2) is 7.45. The molecule has 0 spiro atoms. The molecule has 1 heterocycles. The molecule has 0 unspecified atom stereocenters. The van der Waals surface area contributed by atoms with Crippen molar-refractivity contribution < 1.29 is 21.6 Å². The number of nitrogens with one attached hydrogen (secondary N) is 2. The molecule has 0 amide bonds. The van der Waals surface area contributed by atoms with Crippen molar-refractivity contribution in [2.75, 3.05) is 11.8 Å². The van der Waals surface area contributed by atoms with Crippen LogP contribution >= 0.6 is 0 Å². The average molecular weight is 394 g/mol. The molecule has 0 saturated heterocycles. The average Bonchev–Trinajstić information content (AvgIpc) is 2.63. The largest absolute Gasteiger partial charge is 0.422 e. The zero-order valence-corrected chi connectivity index (χ0v) is 15.1. The van der Waals surface area contributed by atoms with Gasteiger partial charge >= 0.3 is 5.63 Å². The number of hydrogen-bond acceptors (Lipinski definition) is 4. The molecule has 0 bridgehead atoms. The predicted molar refractivity (Wildman–Crippen MR) is 98.1 cm³/mol. The van der Waals surface area contributed by atoms with Crippen molar-refractivity contribution in [2.24, 2.45) is 0 Å². The van der Waals surface area contributed by atoms with Crippen molar-refractivity contribution in [1.29, 1.82) is 0 Å². The Morgan fingerprint density at radius 1 is 1.11 bits per heavy atom.